The monoisotopic (exact) mass is 296 g/mol. The van der Waals surface area contributed by atoms with Crippen LogP contribution in [0.25, 0.3) is 0 Å². The number of hydrogen-bond acceptors (Lipinski definition) is 2. The van der Waals surface area contributed by atoms with Crippen LogP contribution in [0.5, 0.6) is 5.75 Å². The lowest BCUT2D eigenvalue weighted by molar-refractivity contribution is -0.00295. The van der Waals surface area contributed by atoms with Crippen molar-refractivity contribution in [3.63, 3.8) is 0 Å². The highest BCUT2D eigenvalue weighted by atomic mass is 79.9. The summed E-state index contributed by atoms with van der Waals surface area (Å²) in [6.45, 7) is 4.34. The summed E-state index contributed by atoms with van der Waals surface area (Å²) in [5.74, 6) is 0.950. The third-order valence-electron chi connectivity index (χ3n) is 4.60. The molecule has 92 valence electrons. The molecule has 1 aliphatic carbocycles. The molecule has 0 amide bonds. The zero-order valence-electron chi connectivity index (χ0n) is 10.2. The minimum atomic E-state index is -0.483. The fourth-order valence-electron chi connectivity index (χ4n) is 3.42. The molecule has 0 bridgehead atoms. The van der Waals surface area contributed by atoms with Gasteiger partial charge in [0, 0.05) is 11.0 Å². The molecular weight excluding hydrogens is 280 g/mol. The van der Waals surface area contributed by atoms with Gasteiger partial charge in [0.2, 0.25) is 0 Å². The van der Waals surface area contributed by atoms with Crippen LogP contribution >= 0.6 is 15.9 Å². The van der Waals surface area contributed by atoms with Gasteiger partial charge in [-0.15, -0.1) is 0 Å². The highest BCUT2D eigenvalue weighted by Crippen LogP contribution is 2.59. The number of hydrogen-bond donors (Lipinski definition) is 1. The Morgan fingerprint density at radius 1 is 1.53 bits per heavy atom. The second-order valence-electron chi connectivity index (χ2n) is 5.49. The summed E-state index contributed by atoms with van der Waals surface area (Å²) >= 11 is 3.69. The molecule has 0 saturated heterocycles. The fraction of sp³-hybridized carbons (Fsp3) is 0.571. The molecule has 3 rings (SSSR count). The molecule has 0 unspecified atom stereocenters. The van der Waals surface area contributed by atoms with Gasteiger partial charge in [0.05, 0.1) is 11.4 Å². The Labute approximate surface area is 110 Å². The maximum absolute atomic E-state index is 9.85. The van der Waals surface area contributed by atoms with Crippen molar-refractivity contribution in [1.29, 1.82) is 0 Å². The average Bonchev–Trinajstić information content (AvgIpc) is 2.69. The Morgan fingerprint density at radius 2 is 2.29 bits per heavy atom. The van der Waals surface area contributed by atoms with Crippen LogP contribution in [0.3, 0.4) is 0 Å². The molecule has 0 spiro atoms. The second-order valence-corrected chi connectivity index (χ2v) is 6.59. The number of aliphatic hydroxyl groups excluding tert-OH is 1. The van der Waals surface area contributed by atoms with Gasteiger partial charge in [-0.25, -0.2) is 0 Å². The number of rotatable bonds is 1. The van der Waals surface area contributed by atoms with Crippen LogP contribution in [0.4, 0.5) is 0 Å². The maximum Gasteiger partial charge on any atom is 0.154 e. The normalized spacial score (nSPS) is 38.7. The zero-order chi connectivity index (χ0) is 12.3. The van der Waals surface area contributed by atoms with Crippen molar-refractivity contribution in [2.45, 2.75) is 42.5 Å². The molecule has 1 aliphatic heterocycles. The quantitative estimate of drug-likeness (QED) is 0.808. The molecule has 1 aromatic rings. The Hall–Kier alpha value is -0.540. The van der Waals surface area contributed by atoms with E-state index in [1.807, 2.05) is 0 Å². The van der Waals surface area contributed by atoms with E-state index in [2.05, 4.69) is 48.0 Å². The van der Waals surface area contributed by atoms with Gasteiger partial charge in [0.1, 0.15) is 5.75 Å². The molecule has 0 aromatic heterocycles. The van der Waals surface area contributed by atoms with Crippen molar-refractivity contribution in [2.75, 3.05) is 6.61 Å². The number of aryl methyl sites for hydroxylation is 1. The van der Waals surface area contributed by atoms with E-state index in [4.69, 9.17) is 4.74 Å². The molecule has 0 radical (unpaired) electrons. The highest BCUT2D eigenvalue weighted by Gasteiger charge is 2.64. The van der Waals surface area contributed by atoms with E-state index in [1.165, 1.54) is 11.1 Å². The third-order valence-corrected chi connectivity index (χ3v) is 5.79. The van der Waals surface area contributed by atoms with E-state index in [1.54, 1.807) is 0 Å². The van der Waals surface area contributed by atoms with E-state index in [9.17, 15) is 5.11 Å². The van der Waals surface area contributed by atoms with E-state index >= 15 is 0 Å². The van der Waals surface area contributed by atoms with Crippen LogP contribution in [-0.2, 0) is 5.41 Å². The van der Waals surface area contributed by atoms with Crippen molar-refractivity contribution < 1.29 is 9.84 Å². The number of halogens is 1. The summed E-state index contributed by atoms with van der Waals surface area (Å²) < 4.78 is 6.17. The SMILES string of the molecule is Cc1ccc2c(c1)O[C@@]1(CO)[C@@H](Br)CC[C@@]21C. The van der Waals surface area contributed by atoms with E-state index in [-0.39, 0.29) is 16.8 Å². The molecule has 1 N–H and O–H groups in total. The average molecular weight is 297 g/mol. The van der Waals surface area contributed by atoms with Gasteiger partial charge in [0.15, 0.2) is 5.60 Å². The minimum absolute atomic E-state index is 0.0626. The number of fused-ring (bicyclic) bond motifs is 3. The van der Waals surface area contributed by atoms with Crippen molar-refractivity contribution in [2.24, 2.45) is 0 Å². The summed E-state index contributed by atoms with van der Waals surface area (Å²) in [6, 6.07) is 6.37. The van der Waals surface area contributed by atoms with Crippen LogP contribution < -0.4 is 4.74 Å². The van der Waals surface area contributed by atoms with E-state index in [0.717, 1.165) is 18.6 Å². The van der Waals surface area contributed by atoms with Crippen molar-refractivity contribution in [3.05, 3.63) is 29.3 Å². The Kier molecular flexibility index (Phi) is 2.37. The van der Waals surface area contributed by atoms with E-state index in [0.29, 0.717) is 0 Å². The van der Waals surface area contributed by atoms with E-state index < -0.39 is 5.60 Å². The number of alkyl halides is 1. The lowest BCUT2D eigenvalue weighted by Gasteiger charge is -2.37. The largest absolute Gasteiger partial charge is 0.482 e. The van der Waals surface area contributed by atoms with Crippen molar-refractivity contribution in [1.82, 2.24) is 0 Å². The summed E-state index contributed by atoms with van der Waals surface area (Å²) in [5.41, 5.74) is 1.90. The first-order chi connectivity index (χ1) is 8.03. The van der Waals surface area contributed by atoms with Crippen molar-refractivity contribution in [3.8, 4) is 5.75 Å². The van der Waals surface area contributed by atoms with Crippen molar-refractivity contribution >= 4 is 15.9 Å². The standard InChI is InChI=1S/C14H17BrO2/c1-9-3-4-10-11(7-9)17-14(8-16)12(15)5-6-13(10,14)2/h3-4,7,12,16H,5-6,8H2,1-2H3/t12-,13-,14-/m0/s1. The zero-order valence-corrected chi connectivity index (χ0v) is 11.8. The molecule has 2 aliphatic rings. The molecule has 1 heterocycles. The van der Waals surface area contributed by atoms with Crippen LogP contribution in [0.15, 0.2) is 18.2 Å². The first kappa shape index (κ1) is 11.5. The van der Waals surface area contributed by atoms with Gasteiger partial charge in [-0.2, -0.15) is 0 Å². The van der Waals surface area contributed by atoms with Gasteiger partial charge >= 0.3 is 0 Å². The Balaban J connectivity index is 2.19. The summed E-state index contributed by atoms with van der Waals surface area (Å²) in [5, 5.41) is 9.85. The van der Waals surface area contributed by atoms with Gasteiger partial charge in [-0.3, -0.25) is 0 Å². The smallest absolute Gasteiger partial charge is 0.154 e. The summed E-state index contributed by atoms with van der Waals surface area (Å²) in [4.78, 5) is 0.220. The van der Waals surface area contributed by atoms with Crippen LogP contribution in [0.2, 0.25) is 0 Å². The predicted molar refractivity (Wildman–Crippen MR) is 70.9 cm³/mol. The van der Waals surface area contributed by atoms with Gasteiger partial charge in [-0.1, -0.05) is 35.0 Å². The minimum Gasteiger partial charge on any atom is -0.482 e. The number of aliphatic hydroxyl groups is 1. The molecule has 3 atom stereocenters. The van der Waals surface area contributed by atoms with Gasteiger partial charge in [-0.05, 0) is 31.4 Å². The molecular formula is C14H17BrO2. The Morgan fingerprint density at radius 3 is 3.00 bits per heavy atom. The number of benzene rings is 1. The van der Waals surface area contributed by atoms with Gasteiger partial charge in [0.25, 0.3) is 0 Å². The summed E-state index contributed by atoms with van der Waals surface area (Å²) in [6.07, 6.45) is 2.10. The first-order valence-electron chi connectivity index (χ1n) is 6.08. The van der Waals surface area contributed by atoms with Crippen LogP contribution in [0.1, 0.15) is 30.9 Å². The molecule has 1 aromatic carbocycles. The number of ether oxygens (including phenoxy) is 1. The topological polar surface area (TPSA) is 29.5 Å². The molecule has 1 fully saturated rings. The third kappa shape index (κ3) is 1.24. The second kappa shape index (κ2) is 3.48. The molecule has 2 nitrogen and oxygen atoms in total. The molecule has 3 heteroatoms. The molecule has 17 heavy (non-hydrogen) atoms. The van der Waals surface area contributed by atoms with Crippen LogP contribution in [0, 0.1) is 6.92 Å². The molecule has 1 saturated carbocycles. The Bertz CT molecular complexity index is 473. The highest BCUT2D eigenvalue weighted by molar-refractivity contribution is 9.09. The lowest BCUT2D eigenvalue weighted by atomic mass is 9.73. The van der Waals surface area contributed by atoms with Crippen LogP contribution in [-0.4, -0.2) is 22.1 Å². The first-order valence-corrected chi connectivity index (χ1v) is 7.00. The van der Waals surface area contributed by atoms with Gasteiger partial charge < -0.3 is 9.84 Å². The summed E-state index contributed by atoms with van der Waals surface area (Å²) in [7, 11) is 0. The maximum atomic E-state index is 9.85. The lowest BCUT2D eigenvalue weighted by Crippen LogP contribution is -2.53. The fourth-order valence-corrected chi connectivity index (χ4v) is 4.39. The predicted octanol–water partition coefficient (Wildman–Crippen LogP) is 2.93.